The second-order valence-electron chi connectivity index (χ2n) is 3.33. The molecule has 1 aliphatic rings. The largest absolute Gasteiger partial charge is 0.394 e. The summed E-state index contributed by atoms with van der Waals surface area (Å²) in [5.41, 5.74) is 0. The number of hydrogen-bond acceptors (Lipinski definition) is 4. The summed E-state index contributed by atoms with van der Waals surface area (Å²) in [5, 5.41) is 8.24. The first-order valence-electron chi connectivity index (χ1n) is 4.84. The lowest BCUT2D eigenvalue weighted by molar-refractivity contribution is 0.0913. The third kappa shape index (κ3) is 4.36. The Kier molecular flexibility index (Phi) is 4.80. The van der Waals surface area contributed by atoms with Crippen molar-refractivity contribution in [2.75, 3.05) is 26.4 Å². The fraction of sp³-hybridized carbons (Fsp3) is 1.00. The quantitative estimate of drug-likeness (QED) is 0.542. The van der Waals surface area contributed by atoms with Crippen molar-refractivity contribution in [1.82, 2.24) is 4.72 Å². The molecule has 0 atom stereocenters. The number of ether oxygens (including phenoxy) is 1. The SMILES string of the molecule is O=S(=O)(NCCCOCCO)C1CC1. The number of aliphatic hydroxyl groups is 1. The van der Waals surface area contributed by atoms with Crippen LogP contribution in [0.2, 0.25) is 0 Å². The van der Waals surface area contributed by atoms with Gasteiger partial charge in [-0.05, 0) is 19.3 Å². The predicted molar refractivity (Wildman–Crippen MR) is 52.5 cm³/mol. The molecule has 0 aromatic heterocycles. The zero-order valence-corrected chi connectivity index (χ0v) is 8.92. The minimum atomic E-state index is -3.03. The van der Waals surface area contributed by atoms with Crippen LogP contribution in [0.4, 0.5) is 0 Å². The minimum absolute atomic E-state index is 0.00774. The first-order valence-corrected chi connectivity index (χ1v) is 6.38. The monoisotopic (exact) mass is 223 g/mol. The normalized spacial score (nSPS) is 17.2. The first kappa shape index (κ1) is 11.9. The Morgan fingerprint density at radius 3 is 2.64 bits per heavy atom. The summed E-state index contributed by atoms with van der Waals surface area (Å²) in [4.78, 5) is 0. The molecule has 5 nitrogen and oxygen atoms in total. The molecule has 0 spiro atoms. The highest BCUT2D eigenvalue weighted by Crippen LogP contribution is 2.27. The van der Waals surface area contributed by atoms with Gasteiger partial charge in [0.2, 0.25) is 10.0 Å². The fourth-order valence-corrected chi connectivity index (χ4v) is 2.47. The highest BCUT2D eigenvalue weighted by Gasteiger charge is 2.34. The second kappa shape index (κ2) is 5.65. The van der Waals surface area contributed by atoms with Crippen LogP contribution in [0, 0.1) is 0 Å². The molecular weight excluding hydrogens is 206 g/mol. The molecule has 2 N–H and O–H groups in total. The molecule has 6 heteroatoms. The molecule has 0 saturated heterocycles. The van der Waals surface area contributed by atoms with E-state index in [9.17, 15) is 8.42 Å². The van der Waals surface area contributed by atoms with Crippen LogP contribution in [-0.2, 0) is 14.8 Å². The maximum Gasteiger partial charge on any atom is 0.214 e. The van der Waals surface area contributed by atoms with Gasteiger partial charge in [-0.2, -0.15) is 0 Å². The van der Waals surface area contributed by atoms with Crippen LogP contribution in [0.1, 0.15) is 19.3 Å². The topological polar surface area (TPSA) is 75.6 Å². The van der Waals surface area contributed by atoms with E-state index in [-0.39, 0.29) is 11.9 Å². The van der Waals surface area contributed by atoms with E-state index < -0.39 is 10.0 Å². The number of sulfonamides is 1. The maximum absolute atomic E-state index is 11.3. The summed E-state index contributed by atoms with van der Waals surface area (Å²) >= 11 is 0. The third-order valence-electron chi connectivity index (χ3n) is 1.97. The van der Waals surface area contributed by atoms with Gasteiger partial charge in [-0.1, -0.05) is 0 Å². The van der Waals surface area contributed by atoms with Gasteiger partial charge in [0.15, 0.2) is 0 Å². The van der Waals surface area contributed by atoms with Crippen molar-refractivity contribution in [1.29, 1.82) is 0 Å². The maximum atomic E-state index is 11.3. The van der Waals surface area contributed by atoms with Crippen molar-refractivity contribution in [3.05, 3.63) is 0 Å². The number of hydrogen-bond donors (Lipinski definition) is 2. The summed E-state index contributed by atoms with van der Waals surface area (Å²) < 4.78 is 30.1. The van der Waals surface area contributed by atoms with Crippen molar-refractivity contribution in [2.45, 2.75) is 24.5 Å². The second-order valence-corrected chi connectivity index (χ2v) is 5.37. The molecule has 0 radical (unpaired) electrons. The molecule has 0 aliphatic heterocycles. The van der Waals surface area contributed by atoms with E-state index in [1.165, 1.54) is 0 Å². The molecule has 84 valence electrons. The summed E-state index contributed by atoms with van der Waals surface area (Å²) in [5.74, 6) is 0. The zero-order valence-electron chi connectivity index (χ0n) is 8.11. The molecular formula is C8H17NO4S. The molecule has 0 aromatic rings. The standard InChI is InChI=1S/C8H17NO4S/c10-5-7-13-6-1-4-9-14(11,12)8-2-3-8/h8-10H,1-7H2. The van der Waals surface area contributed by atoms with E-state index in [1.807, 2.05) is 0 Å². The van der Waals surface area contributed by atoms with Crippen molar-refractivity contribution >= 4 is 10.0 Å². The van der Waals surface area contributed by atoms with E-state index in [2.05, 4.69) is 4.72 Å². The van der Waals surface area contributed by atoms with Gasteiger partial charge in [-0.3, -0.25) is 0 Å². The van der Waals surface area contributed by atoms with Gasteiger partial charge in [-0.15, -0.1) is 0 Å². The smallest absolute Gasteiger partial charge is 0.214 e. The molecule has 0 heterocycles. The number of rotatable bonds is 8. The summed E-state index contributed by atoms with van der Waals surface area (Å²) in [6.45, 7) is 1.22. The van der Waals surface area contributed by atoms with E-state index in [0.717, 1.165) is 12.8 Å². The third-order valence-corrected chi connectivity index (χ3v) is 3.92. The Morgan fingerprint density at radius 1 is 1.36 bits per heavy atom. The Labute approximate surface area is 84.5 Å². The van der Waals surface area contributed by atoms with E-state index in [4.69, 9.17) is 9.84 Å². The van der Waals surface area contributed by atoms with E-state index in [1.54, 1.807) is 0 Å². The van der Waals surface area contributed by atoms with Gasteiger partial charge in [0.1, 0.15) is 0 Å². The Morgan fingerprint density at radius 2 is 2.07 bits per heavy atom. The van der Waals surface area contributed by atoms with Crippen LogP contribution >= 0.6 is 0 Å². The average Bonchev–Trinajstić information content (AvgIpc) is 2.94. The number of aliphatic hydroxyl groups excluding tert-OH is 1. The van der Waals surface area contributed by atoms with Crippen molar-refractivity contribution < 1.29 is 18.3 Å². The molecule has 1 saturated carbocycles. The van der Waals surface area contributed by atoms with Crippen molar-refractivity contribution in [2.24, 2.45) is 0 Å². The van der Waals surface area contributed by atoms with Gasteiger partial charge in [-0.25, -0.2) is 13.1 Å². The molecule has 14 heavy (non-hydrogen) atoms. The molecule has 0 unspecified atom stereocenters. The minimum Gasteiger partial charge on any atom is -0.394 e. The van der Waals surface area contributed by atoms with Crippen LogP contribution in [0.25, 0.3) is 0 Å². The molecule has 0 amide bonds. The van der Waals surface area contributed by atoms with Crippen molar-refractivity contribution in [3.8, 4) is 0 Å². The Balaban J connectivity index is 1.98. The van der Waals surface area contributed by atoms with Crippen LogP contribution < -0.4 is 4.72 Å². The highest BCUT2D eigenvalue weighted by atomic mass is 32.2. The highest BCUT2D eigenvalue weighted by molar-refractivity contribution is 7.90. The molecule has 1 fully saturated rings. The molecule has 0 bridgehead atoms. The van der Waals surface area contributed by atoms with Crippen LogP contribution in [-0.4, -0.2) is 45.1 Å². The lowest BCUT2D eigenvalue weighted by Crippen LogP contribution is -2.28. The summed E-state index contributed by atoms with van der Waals surface area (Å²) in [7, 11) is -3.03. The van der Waals surface area contributed by atoms with E-state index >= 15 is 0 Å². The Bertz CT molecular complexity index is 248. The van der Waals surface area contributed by atoms with Gasteiger partial charge in [0.05, 0.1) is 18.5 Å². The predicted octanol–water partition coefficient (Wildman–Crippen LogP) is -0.533. The first-order chi connectivity index (χ1) is 6.67. The van der Waals surface area contributed by atoms with Crippen LogP contribution in [0.3, 0.4) is 0 Å². The zero-order chi connectivity index (χ0) is 10.4. The van der Waals surface area contributed by atoms with Gasteiger partial charge in [0.25, 0.3) is 0 Å². The summed E-state index contributed by atoms with van der Waals surface area (Å²) in [6, 6.07) is 0. The molecule has 0 aromatic carbocycles. The van der Waals surface area contributed by atoms with Crippen molar-refractivity contribution in [3.63, 3.8) is 0 Å². The summed E-state index contributed by atoms with van der Waals surface area (Å²) in [6.07, 6.45) is 2.22. The lowest BCUT2D eigenvalue weighted by atomic mass is 10.5. The fourth-order valence-electron chi connectivity index (χ4n) is 1.05. The molecule has 1 rings (SSSR count). The number of nitrogens with one attached hydrogen (secondary N) is 1. The average molecular weight is 223 g/mol. The lowest BCUT2D eigenvalue weighted by Gasteiger charge is -2.05. The van der Waals surface area contributed by atoms with E-state index in [0.29, 0.717) is 26.2 Å². The molecule has 1 aliphatic carbocycles. The van der Waals surface area contributed by atoms with Gasteiger partial charge < -0.3 is 9.84 Å². The Hall–Kier alpha value is -0.170. The van der Waals surface area contributed by atoms with Gasteiger partial charge >= 0.3 is 0 Å². The van der Waals surface area contributed by atoms with Crippen LogP contribution in [0.5, 0.6) is 0 Å². The van der Waals surface area contributed by atoms with Crippen LogP contribution in [0.15, 0.2) is 0 Å². The van der Waals surface area contributed by atoms with Gasteiger partial charge in [0, 0.05) is 13.2 Å².